The molecule has 0 saturated carbocycles. The summed E-state index contributed by atoms with van der Waals surface area (Å²) in [5.41, 5.74) is 5.08. The van der Waals surface area contributed by atoms with Gasteiger partial charge >= 0.3 is 0 Å². The molecule has 0 amide bonds. The Balaban J connectivity index is 2.87. The van der Waals surface area contributed by atoms with Gasteiger partial charge in [0.05, 0.1) is 0 Å². The molecule has 1 nitrogen and oxygen atoms in total. The SMILES string of the molecule is CCCCCCCCCCCC#CN. The minimum Gasteiger partial charge on any atom is -0.359 e. The Hall–Kier alpha value is -0.640. The van der Waals surface area contributed by atoms with E-state index in [1.54, 1.807) is 0 Å². The maximum absolute atomic E-state index is 5.08. The lowest BCUT2D eigenvalue weighted by Gasteiger charge is -1.99. The van der Waals surface area contributed by atoms with Crippen molar-refractivity contribution in [1.82, 2.24) is 0 Å². The molecule has 0 atom stereocenters. The van der Waals surface area contributed by atoms with Gasteiger partial charge in [0.2, 0.25) is 0 Å². The predicted octanol–water partition coefficient (Wildman–Crippen LogP) is 3.83. The lowest BCUT2D eigenvalue weighted by Crippen LogP contribution is -1.81. The highest BCUT2D eigenvalue weighted by Crippen LogP contribution is 2.09. The zero-order valence-electron chi connectivity index (χ0n) is 9.65. The summed E-state index contributed by atoms with van der Waals surface area (Å²) in [6, 6.07) is 2.44. The number of unbranched alkanes of at least 4 members (excludes halogenated alkanes) is 9. The van der Waals surface area contributed by atoms with Crippen molar-refractivity contribution in [3.05, 3.63) is 0 Å². The molecule has 82 valence electrons. The van der Waals surface area contributed by atoms with E-state index < -0.39 is 0 Å². The van der Waals surface area contributed by atoms with Crippen molar-refractivity contribution in [3.63, 3.8) is 0 Å². The fourth-order valence-corrected chi connectivity index (χ4v) is 1.60. The van der Waals surface area contributed by atoms with E-state index in [0.29, 0.717) is 0 Å². The van der Waals surface area contributed by atoms with Crippen molar-refractivity contribution < 1.29 is 0 Å². The van der Waals surface area contributed by atoms with Crippen LogP contribution in [0.4, 0.5) is 0 Å². The fourth-order valence-electron chi connectivity index (χ4n) is 1.60. The van der Waals surface area contributed by atoms with Crippen molar-refractivity contribution in [2.75, 3.05) is 0 Å². The summed E-state index contributed by atoms with van der Waals surface area (Å²) in [6.07, 6.45) is 13.3. The molecule has 0 bridgehead atoms. The standard InChI is InChI=1S/C13H25N/c1-2-3-4-5-6-7-8-9-10-11-12-13-14/h2-11,14H2,1H3. The average Bonchev–Trinajstić information content (AvgIpc) is 2.21. The van der Waals surface area contributed by atoms with E-state index in [9.17, 15) is 0 Å². The monoisotopic (exact) mass is 195 g/mol. The first-order chi connectivity index (χ1) is 6.91. The summed E-state index contributed by atoms with van der Waals surface area (Å²) < 4.78 is 0. The Labute approximate surface area is 89.5 Å². The van der Waals surface area contributed by atoms with Crippen LogP contribution < -0.4 is 5.73 Å². The minimum absolute atomic E-state index is 0.979. The van der Waals surface area contributed by atoms with Crippen LogP contribution in [-0.4, -0.2) is 0 Å². The Morgan fingerprint density at radius 2 is 1.29 bits per heavy atom. The van der Waals surface area contributed by atoms with Crippen molar-refractivity contribution in [3.8, 4) is 12.0 Å². The van der Waals surface area contributed by atoms with Crippen LogP contribution in [0, 0.1) is 12.0 Å². The Morgan fingerprint density at radius 1 is 0.786 bits per heavy atom. The van der Waals surface area contributed by atoms with E-state index >= 15 is 0 Å². The van der Waals surface area contributed by atoms with E-state index in [1.165, 1.54) is 57.8 Å². The highest BCUT2D eigenvalue weighted by molar-refractivity contribution is 4.93. The molecule has 0 aromatic heterocycles. The van der Waals surface area contributed by atoms with Gasteiger partial charge in [-0.1, -0.05) is 64.2 Å². The lowest BCUT2D eigenvalue weighted by atomic mass is 10.1. The van der Waals surface area contributed by atoms with Crippen LogP contribution in [0.2, 0.25) is 0 Å². The van der Waals surface area contributed by atoms with Gasteiger partial charge < -0.3 is 5.73 Å². The van der Waals surface area contributed by atoms with Crippen molar-refractivity contribution in [2.24, 2.45) is 5.73 Å². The van der Waals surface area contributed by atoms with Gasteiger partial charge in [-0.05, 0) is 6.42 Å². The van der Waals surface area contributed by atoms with Crippen LogP contribution in [0.15, 0.2) is 0 Å². The van der Waals surface area contributed by atoms with Crippen molar-refractivity contribution >= 4 is 0 Å². The Morgan fingerprint density at radius 3 is 1.79 bits per heavy atom. The number of hydrogen-bond donors (Lipinski definition) is 1. The Kier molecular flexibility index (Phi) is 11.8. The van der Waals surface area contributed by atoms with E-state index in [2.05, 4.69) is 18.9 Å². The molecule has 14 heavy (non-hydrogen) atoms. The van der Waals surface area contributed by atoms with Crippen molar-refractivity contribution in [1.29, 1.82) is 0 Å². The molecule has 0 fully saturated rings. The molecule has 0 aliphatic heterocycles. The van der Waals surface area contributed by atoms with Crippen molar-refractivity contribution in [2.45, 2.75) is 71.1 Å². The fraction of sp³-hybridized carbons (Fsp3) is 0.846. The van der Waals surface area contributed by atoms with Gasteiger partial charge in [0.1, 0.15) is 0 Å². The van der Waals surface area contributed by atoms with E-state index in [-0.39, 0.29) is 0 Å². The van der Waals surface area contributed by atoms with Gasteiger partial charge in [-0.25, -0.2) is 0 Å². The van der Waals surface area contributed by atoms with Gasteiger partial charge in [0, 0.05) is 12.5 Å². The average molecular weight is 195 g/mol. The van der Waals surface area contributed by atoms with Gasteiger partial charge in [-0.15, -0.1) is 0 Å². The second-order valence-electron chi connectivity index (χ2n) is 3.90. The van der Waals surface area contributed by atoms with E-state index in [4.69, 9.17) is 5.73 Å². The molecular weight excluding hydrogens is 170 g/mol. The first-order valence-corrected chi connectivity index (χ1v) is 6.10. The molecule has 1 heteroatoms. The maximum Gasteiger partial charge on any atom is 0.0107 e. The third-order valence-electron chi connectivity index (χ3n) is 2.51. The minimum atomic E-state index is 0.979. The van der Waals surface area contributed by atoms with E-state index in [1.807, 2.05) is 0 Å². The smallest absolute Gasteiger partial charge is 0.0107 e. The topological polar surface area (TPSA) is 26.0 Å². The normalized spacial score (nSPS) is 9.50. The van der Waals surface area contributed by atoms with Gasteiger partial charge in [-0.3, -0.25) is 0 Å². The summed E-state index contributed by atoms with van der Waals surface area (Å²) in [6.45, 7) is 2.26. The van der Waals surface area contributed by atoms with E-state index in [0.717, 1.165) is 6.42 Å². The summed E-state index contributed by atoms with van der Waals surface area (Å²) >= 11 is 0. The maximum atomic E-state index is 5.08. The molecule has 0 saturated heterocycles. The Bertz CT molecular complexity index is 152. The number of hydrogen-bond acceptors (Lipinski definition) is 1. The second-order valence-corrected chi connectivity index (χ2v) is 3.90. The molecule has 0 spiro atoms. The number of nitrogens with two attached hydrogens (primary N) is 1. The molecule has 0 aliphatic carbocycles. The molecular formula is C13H25N. The summed E-state index contributed by atoms with van der Waals surface area (Å²) in [5.74, 6) is 2.89. The molecule has 0 rings (SSSR count). The van der Waals surface area contributed by atoms with Crippen LogP contribution in [-0.2, 0) is 0 Å². The van der Waals surface area contributed by atoms with Crippen LogP contribution in [0.25, 0.3) is 0 Å². The summed E-state index contributed by atoms with van der Waals surface area (Å²) in [5, 5.41) is 0. The highest BCUT2D eigenvalue weighted by Gasteiger charge is 1.90. The first kappa shape index (κ1) is 13.4. The van der Waals surface area contributed by atoms with Gasteiger partial charge in [0.25, 0.3) is 0 Å². The number of rotatable bonds is 9. The summed E-state index contributed by atoms with van der Waals surface area (Å²) in [7, 11) is 0. The zero-order chi connectivity index (χ0) is 10.5. The first-order valence-electron chi connectivity index (χ1n) is 6.10. The van der Waals surface area contributed by atoms with Crippen LogP contribution >= 0.6 is 0 Å². The third-order valence-corrected chi connectivity index (χ3v) is 2.51. The molecule has 0 aromatic carbocycles. The molecule has 0 radical (unpaired) electrons. The van der Waals surface area contributed by atoms with Gasteiger partial charge in [0.15, 0.2) is 0 Å². The highest BCUT2D eigenvalue weighted by atomic mass is 14.4. The second kappa shape index (κ2) is 12.4. The lowest BCUT2D eigenvalue weighted by molar-refractivity contribution is 0.567. The molecule has 0 aromatic rings. The molecule has 2 N–H and O–H groups in total. The molecule has 0 aliphatic rings. The quantitative estimate of drug-likeness (QED) is 0.338. The zero-order valence-corrected chi connectivity index (χ0v) is 9.65. The summed E-state index contributed by atoms with van der Waals surface area (Å²) in [4.78, 5) is 0. The van der Waals surface area contributed by atoms with Crippen LogP contribution in [0.5, 0.6) is 0 Å². The third kappa shape index (κ3) is 11.4. The van der Waals surface area contributed by atoms with Gasteiger partial charge in [-0.2, -0.15) is 0 Å². The predicted molar refractivity (Wildman–Crippen MR) is 63.8 cm³/mol. The van der Waals surface area contributed by atoms with Crippen LogP contribution in [0.3, 0.4) is 0 Å². The largest absolute Gasteiger partial charge is 0.359 e. The molecule has 0 heterocycles. The molecule has 0 unspecified atom stereocenters. The van der Waals surface area contributed by atoms with Crippen LogP contribution in [0.1, 0.15) is 71.1 Å².